The average molecular weight is 377 g/mol. The molecule has 1 atom stereocenters. The monoisotopic (exact) mass is 377 g/mol. The molecule has 1 aliphatic heterocycles. The molecule has 10 heteroatoms. The molecular formula is C17H14F3N5O2. The Morgan fingerprint density at radius 2 is 2.19 bits per heavy atom. The number of benzene rings is 1. The van der Waals surface area contributed by atoms with Crippen molar-refractivity contribution in [3.05, 3.63) is 53.1 Å². The van der Waals surface area contributed by atoms with Gasteiger partial charge in [-0.05, 0) is 17.7 Å². The van der Waals surface area contributed by atoms with E-state index in [-0.39, 0.29) is 11.8 Å². The molecule has 2 aromatic rings. The Labute approximate surface area is 152 Å². The molecule has 1 aromatic carbocycles. The summed E-state index contributed by atoms with van der Waals surface area (Å²) in [5, 5.41) is 14.9. The highest BCUT2D eigenvalue weighted by Crippen LogP contribution is 2.27. The molecule has 2 N–H and O–H groups in total. The number of alkyl halides is 3. The van der Waals surface area contributed by atoms with Gasteiger partial charge in [-0.25, -0.2) is 4.98 Å². The van der Waals surface area contributed by atoms with Crippen LogP contribution in [-0.4, -0.2) is 35.6 Å². The van der Waals surface area contributed by atoms with Crippen molar-refractivity contribution in [1.29, 1.82) is 5.26 Å². The predicted molar refractivity (Wildman–Crippen MR) is 87.7 cm³/mol. The van der Waals surface area contributed by atoms with E-state index in [2.05, 4.69) is 20.6 Å². The van der Waals surface area contributed by atoms with Crippen molar-refractivity contribution in [1.82, 2.24) is 15.3 Å². The lowest BCUT2D eigenvalue weighted by atomic mass is 10.0. The number of amides is 1. The molecule has 0 aliphatic carbocycles. The van der Waals surface area contributed by atoms with E-state index in [4.69, 9.17) is 4.74 Å². The van der Waals surface area contributed by atoms with Crippen LogP contribution < -0.4 is 10.6 Å². The molecule has 140 valence electrons. The third kappa shape index (κ3) is 4.39. The highest BCUT2D eigenvalue weighted by atomic mass is 19.4. The Hall–Kier alpha value is -3.03. The van der Waals surface area contributed by atoms with Crippen molar-refractivity contribution in [3.8, 4) is 6.07 Å². The summed E-state index contributed by atoms with van der Waals surface area (Å²) in [6.45, 7) is 1.80. The molecule has 1 saturated heterocycles. The van der Waals surface area contributed by atoms with Crippen LogP contribution in [0.3, 0.4) is 0 Å². The first-order valence-corrected chi connectivity index (χ1v) is 7.95. The third-order valence-electron chi connectivity index (χ3n) is 3.86. The van der Waals surface area contributed by atoms with E-state index in [1.165, 1.54) is 6.07 Å². The second kappa shape index (κ2) is 7.69. The summed E-state index contributed by atoms with van der Waals surface area (Å²) in [4.78, 5) is 18.9. The fraction of sp³-hybridized carbons (Fsp3) is 0.294. The van der Waals surface area contributed by atoms with Crippen molar-refractivity contribution in [2.45, 2.75) is 12.3 Å². The van der Waals surface area contributed by atoms with Gasteiger partial charge >= 0.3 is 6.18 Å². The van der Waals surface area contributed by atoms with Gasteiger partial charge in [0.1, 0.15) is 5.69 Å². The Balaban J connectivity index is 1.79. The van der Waals surface area contributed by atoms with Crippen LogP contribution in [0.1, 0.15) is 33.4 Å². The second-order valence-corrected chi connectivity index (χ2v) is 5.72. The van der Waals surface area contributed by atoms with Crippen LogP contribution in [0.4, 0.5) is 18.9 Å². The van der Waals surface area contributed by atoms with Crippen LogP contribution in [0.5, 0.6) is 0 Å². The van der Waals surface area contributed by atoms with Crippen molar-refractivity contribution in [2.75, 3.05) is 25.0 Å². The van der Waals surface area contributed by atoms with Gasteiger partial charge < -0.3 is 15.4 Å². The minimum atomic E-state index is -4.70. The number of ether oxygens (including phenoxy) is 1. The molecule has 1 fully saturated rings. The Morgan fingerprint density at radius 3 is 2.85 bits per heavy atom. The summed E-state index contributed by atoms with van der Waals surface area (Å²) in [5.41, 5.74) is -0.515. The molecule has 0 spiro atoms. The fourth-order valence-electron chi connectivity index (χ4n) is 2.58. The lowest BCUT2D eigenvalue weighted by Crippen LogP contribution is -2.33. The van der Waals surface area contributed by atoms with Gasteiger partial charge in [0, 0.05) is 18.8 Å². The number of halogens is 3. The number of hydrogen-bond acceptors (Lipinski definition) is 6. The van der Waals surface area contributed by atoms with Gasteiger partial charge in [0.15, 0.2) is 5.69 Å². The van der Waals surface area contributed by atoms with Crippen LogP contribution in [0, 0.1) is 11.3 Å². The second-order valence-electron chi connectivity index (χ2n) is 5.72. The summed E-state index contributed by atoms with van der Waals surface area (Å²) < 4.78 is 43.7. The van der Waals surface area contributed by atoms with E-state index in [0.717, 1.165) is 12.7 Å². The number of nitriles is 1. The Morgan fingerprint density at radius 1 is 1.37 bits per heavy atom. The maximum absolute atomic E-state index is 12.7. The van der Waals surface area contributed by atoms with E-state index >= 15 is 0 Å². The average Bonchev–Trinajstić information content (AvgIpc) is 2.68. The van der Waals surface area contributed by atoms with Crippen molar-refractivity contribution >= 4 is 11.6 Å². The molecule has 3 rings (SSSR count). The largest absolute Gasteiger partial charge is 0.434 e. The summed E-state index contributed by atoms with van der Waals surface area (Å²) >= 11 is 0. The van der Waals surface area contributed by atoms with E-state index in [9.17, 15) is 23.2 Å². The topological polar surface area (TPSA) is 99.9 Å². The van der Waals surface area contributed by atoms with Crippen LogP contribution in [0.15, 0.2) is 30.6 Å². The maximum Gasteiger partial charge on any atom is 0.434 e. The first-order chi connectivity index (χ1) is 12.9. The summed E-state index contributed by atoms with van der Waals surface area (Å²) in [5.74, 6) is -0.860. The van der Waals surface area contributed by atoms with Gasteiger partial charge in [0.25, 0.3) is 5.91 Å². The van der Waals surface area contributed by atoms with Crippen molar-refractivity contribution in [2.24, 2.45) is 0 Å². The van der Waals surface area contributed by atoms with Gasteiger partial charge in [-0.2, -0.15) is 18.4 Å². The number of rotatable bonds is 3. The molecule has 0 saturated carbocycles. The third-order valence-corrected chi connectivity index (χ3v) is 3.86. The van der Waals surface area contributed by atoms with E-state index in [0.29, 0.717) is 30.5 Å². The first-order valence-electron chi connectivity index (χ1n) is 7.95. The molecule has 1 amide bonds. The van der Waals surface area contributed by atoms with E-state index in [1.54, 1.807) is 12.1 Å². The summed E-state index contributed by atoms with van der Waals surface area (Å²) in [6.07, 6.45) is -3.51. The van der Waals surface area contributed by atoms with Gasteiger partial charge in [0.05, 0.1) is 36.7 Å². The molecule has 1 aliphatic rings. The molecule has 0 bridgehead atoms. The van der Waals surface area contributed by atoms with E-state index in [1.807, 2.05) is 6.07 Å². The van der Waals surface area contributed by atoms with Crippen LogP contribution >= 0.6 is 0 Å². The minimum absolute atomic E-state index is 0.253. The zero-order chi connectivity index (χ0) is 19.4. The highest BCUT2D eigenvalue weighted by Gasteiger charge is 2.33. The lowest BCUT2D eigenvalue weighted by molar-refractivity contribution is -0.141. The molecular weight excluding hydrogens is 363 g/mol. The number of nitrogens with one attached hydrogen (secondary N) is 2. The van der Waals surface area contributed by atoms with Gasteiger partial charge in [-0.15, -0.1) is 0 Å². The quantitative estimate of drug-likeness (QED) is 0.851. The summed E-state index contributed by atoms with van der Waals surface area (Å²) in [7, 11) is 0. The normalized spacial score (nSPS) is 17.2. The smallest absolute Gasteiger partial charge is 0.371 e. The number of aromatic nitrogens is 2. The SMILES string of the molecule is N#Cc1cc(NC(=O)c2cncc(C(F)(F)F)n2)ccc1C1CNCCO1. The van der Waals surface area contributed by atoms with Gasteiger partial charge in [0.2, 0.25) is 0 Å². The molecule has 1 aromatic heterocycles. The summed E-state index contributed by atoms with van der Waals surface area (Å²) in [6, 6.07) is 6.67. The van der Waals surface area contributed by atoms with Crippen LogP contribution in [-0.2, 0) is 10.9 Å². The molecule has 7 nitrogen and oxygen atoms in total. The number of nitrogens with zero attached hydrogens (tertiary/aromatic N) is 3. The number of carbonyl (C=O) groups is 1. The number of hydrogen-bond donors (Lipinski definition) is 2. The zero-order valence-electron chi connectivity index (χ0n) is 13.9. The van der Waals surface area contributed by atoms with Crippen molar-refractivity contribution < 1.29 is 22.7 Å². The van der Waals surface area contributed by atoms with Crippen LogP contribution in [0.2, 0.25) is 0 Å². The predicted octanol–water partition coefficient (Wildman–Crippen LogP) is 2.28. The van der Waals surface area contributed by atoms with Gasteiger partial charge in [-0.3, -0.25) is 9.78 Å². The van der Waals surface area contributed by atoms with Crippen molar-refractivity contribution in [3.63, 3.8) is 0 Å². The maximum atomic E-state index is 12.7. The van der Waals surface area contributed by atoms with Crippen LogP contribution in [0.25, 0.3) is 0 Å². The lowest BCUT2D eigenvalue weighted by Gasteiger charge is -2.24. The molecule has 0 radical (unpaired) electrons. The number of carbonyl (C=O) groups excluding carboxylic acids is 1. The minimum Gasteiger partial charge on any atom is -0.371 e. The highest BCUT2D eigenvalue weighted by molar-refractivity contribution is 6.02. The zero-order valence-corrected chi connectivity index (χ0v) is 13.9. The number of anilines is 1. The molecule has 2 heterocycles. The fourth-order valence-corrected chi connectivity index (χ4v) is 2.58. The standard InChI is InChI=1S/C17H14F3N5O2/c18-17(19,20)15-9-23-7-13(25-15)16(26)24-11-1-2-12(10(5-11)6-21)14-8-22-3-4-27-14/h1-2,5,7,9,14,22H,3-4,8H2,(H,24,26). The Bertz CT molecular complexity index is 889. The van der Waals surface area contributed by atoms with Gasteiger partial charge in [-0.1, -0.05) is 6.07 Å². The number of morpholine rings is 1. The Kier molecular flexibility index (Phi) is 5.34. The first kappa shape index (κ1) is 18.8. The molecule has 27 heavy (non-hydrogen) atoms. The van der Waals surface area contributed by atoms with E-state index < -0.39 is 23.5 Å². The molecule has 1 unspecified atom stereocenters.